The Bertz CT molecular complexity index is 918. The molecule has 0 aliphatic carbocycles. The molecule has 128 valence electrons. The van der Waals surface area contributed by atoms with Crippen LogP contribution in [0.1, 0.15) is 0 Å². The molecule has 0 saturated carbocycles. The van der Waals surface area contributed by atoms with Gasteiger partial charge >= 0.3 is 5.97 Å². The molecule has 3 aromatic rings. The SMILES string of the molecule is C=CC(=O)OCCOc1cc2sc(-c3ccc(N)cc3)cc2cc1F. The van der Waals surface area contributed by atoms with E-state index >= 15 is 0 Å². The third kappa shape index (κ3) is 3.97. The Kier molecular flexibility index (Phi) is 5.00. The Hall–Kier alpha value is -2.86. The van der Waals surface area contributed by atoms with Gasteiger partial charge in [-0.2, -0.15) is 0 Å². The van der Waals surface area contributed by atoms with Crippen molar-refractivity contribution in [2.45, 2.75) is 0 Å². The van der Waals surface area contributed by atoms with E-state index in [-0.39, 0.29) is 19.0 Å². The van der Waals surface area contributed by atoms with E-state index in [1.165, 1.54) is 6.07 Å². The van der Waals surface area contributed by atoms with E-state index in [2.05, 4.69) is 6.58 Å². The molecule has 1 heterocycles. The van der Waals surface area contributed by atoms with Gasteiger partial charge in [-0.25, -0.2) is 9.18 Å². The van der Waals surface area contributed by atoms with Crippen molar-refractivity contribution in [1.82, 2.24) is 0 Å². The van der Waals surface area contributed by atoms with E-state index in [0.29, 0.717) is 5.69 Å². The van der Waals surface area contributed by atoms with Gasteiger partial charge in [-0.1, -0.05) is 18.7 Å². The lowest BCUT2D eigenvalue weighted by atomic mass is 10.1. The first-order valence-corrected chi connectivity index (χ1v) is 8.39. The monoisotopic (exact) mass is 357 g/mol. The highest BCUT2D eigenvalue weighted by Gasteiger charge is 2.11. The molecule has 4 nitrogen and oxygen atoms in total. The standard InChI is InChI=1S/C19H16FNO3S/c1-2-19(22)24-8-7-23-16-11-18-13(9-15(16)20)10-17(25-18)12-3-5-14(21)6-4-12/h2-6,9-11H,1,7-8,21H2. The summed E-state index contributed by atoms with van der Waals surface area (Å²) in [7, 11) is 0. The van der Waals surface area contributed by atoms with Crippen molar-refractivity contribution in [3.8, 4) is 16.2 Å². The van der Waals surface area contributed by atoms with Crippen LogP contribution in [0.3, 0.4) is 0 Å². The fourth-order valence-electron chi connectivity index (χ4n) is 2.29. The smallest absolute Gasteiger partial charge is 0.330 e. The molecule has 0 unspecified atom stereocenters. The van der Waals surface area contributed by atoms with E-state index in [1.807, 2.05) is 30.3 Å². The minimum Gasteiger partial charge on any atom is -0.487 e. The Morgan fingerprint density at radius 1 is 1.20 bits per heavy atom. The molecule has 0 amide bonds. The van der Waals surface area contributed by atoms with Crippen LogP contribution in [0.25, 0.3) is 20.5 Å². The van der Waals surface area contributed by atoms with Gasteiger partial charge in [0.1, 0.15) is 13.2 Å². The highest BCUT2D eigenvalue weighted by Crippen LogP contribution is 2.36. The number of carbonyl (C=O) groups is 1. The molecule has 2 aromatic carbocycles. The van der Waals surface area contributed by atoms with E-state index in [4.69, 9.17) is 15.2 Å². The average molecular weight is 357 g/mol. The van der Waals surface area contributed by atoms with Crippen LogP contribution in [0, 0.1) is 5.82 Å². The summed E-state index contributed by atoms with van der Waals surface area (Å²) in [5.74, 6) is -0.858. The number of esters is 1. The highest BCUT2D eigenvalue weighted by molar-refractivity contribution is 7.22. The minimum absolute atomic E-state index is 0.0312. The number of nitrogen functional groups attached to an aromatic ring is 1. The first-order valence-electron chi connectivity index (χ1n) is 7.58. The second-order valence-corrected chi connectivity index (χ2v) is 6.36. The predicted octanol–water partition coefficient (Wildman–Crippen LogP) is 4.40. The fourth-order valence-corrected chi connectivity index (χ4v) is 3.37. The lowest BCUT2D eigenvalue weighted by Crippen LogP contribution is -2.10. The van der Waals surface area contributed by atoms with Crippen LogP contribution in [0.4, 0.5) is 10.1 Å². The Labute approximate surface area is 148 Å². The molecule has 1 aromatic heterocycles. The number of ether oxygens (including phenoxy) is 2. The van der Waals surface area contributed by atoms with E-state index in [9.17, 15) is 9.18 Å². The van der Waals surface area contributed by atoms with Gasteiger partial charge in [0, 0.05) is 27.4 Å². The van der Waals surface area contributed by atoms with Gasteiger partial charge in [0.25, 0.3) is 0 Å². The zero-order chi connectivity index (χ0) is 17.8. The molecule has 0 fully saturated rings. The summed E-state index contributed by atoms with van der Waals surface area (Å²) in [5, 5.41) is 0.805. The lowest BCUT2D eigenvalue weighted by Gasteiger charge is -2.07. The molecule has 0 saturated heterocycles. The quantitative estimate of drug-likeness (QED) is 0.307. The summed E-state index contributed by atoms with van der Waals surface area (Å²) < 4.78 is 25.3. The number of fused-ring (bicyclic) bond motifs is 1. The van der Waals surface area contributed by atoms with Gasteiger partial charge in [-0.15, -0.1) is 11.3 Å². The second kappa shape index (κ2) is 7.36. The molecule has 0 spiro atoms. The summed E-state index contributed by atoms with van der Waals surface area (Å²) >= 11 is 1.54. The van der Waals surface area contributed by atoms with Crippen molar-refractivity contribution in [1.29, 1.82) is 0 Å². The number of thiophene rings is 1. The third-order valence-electron chi connectivity index (χ3n) is 3.52. The van der Waals surface area contributed by atoms with Crippen LogP contribution in [0.2, 0.25) is 0 Å². The van der Waals surface area contributed by atoms with E-state index in [1.54, 1.807) is 17.4 Å². The third-order valence-corrected chi connectivity index (χ3v) is 4.66. The van der Waals surface area contributed by atoms with Crippen LogP contribution in [-0.2, 0) is 9.53 Å². The maximum Gasteiger partial charge on any atom is 0.330 e. The van der Waals surface area contributed by atoms with Crippen LogP contribution in [0.15, 0.2) is 55.1 Å². The minimum atomic E-state index is -0.536. The second-order valence-electron chi connectivity index (χ2n) is 5.27. The maximum atomic E-state index is 14.2. The summed E-state index contributed by atoms with van der Waals surface area (Å²) in [4.78, 5) is 12.0. The Morgan fingerprint density at radius 2 is 1.96 bits per heavy atom. The molecule has 0 aliphatic rings. The number of anilines is 1. The number of hydrogen-bond acceptors (Lipinski definition) is 5. The molecule has 6 heteroatoms. The van der Waals surface area contributed by atoms with Crippen LogP contribution in [0.5, 0.6) is 5.75 Å². The zero-order valence-corrected chi connectivity index (χ0v) is 14.1. The molecule has 0 atom stereocenters. The molecule has 25 heavy (non-hydrogen) atoms. The van der Waals surface area contributed by atoms with Gasteiger partial charge in [-0.05, 0) is 35.2 Å². The molecule has 2 N–H and O–H groups in total. The summed E-state index contributed by atoms with van der Waals surface area (Å²) in [5.41, 5.74) is 7.43. The van der Waals surface area contributed by atoms with E-state index in [0.717, 1.165) is 26.6 Å². The van der Waals surface area contributed by atoms with Crippen molar-refractivity contribution < 1.29 is 18.7 Å². The van der Waals surface area contributed by atoms with Crippen molar-refractivity contribution in [2.75, 3.05) is 18.9 Å². The molecular weight excluding hydrogens is 341 g/mol. The topological polar surface area (TPSA) is 61.5 Å². The first kappa shape index (κ1) is 17.0. The van der Waals surface area contributed by atoms with Crippen molar-refractivity contribution in [3.05, 3.63) is 60.9 Å². The van der Waals surface area contributed by atoms with Gasteiger partial charge < -0.3 is 15.2 Å². The Morgan fingerprint density at radius 3 is 2.68 bits per heavy atom. The number of benzene rings is 2. The number of halogens is 1. The van der Waals surface area contributed by atoms with Gasteiger partial charge in [0.05, 0.1) is 0 Å². The molecule has 0 aliphatic heterocycles. The average Bonchev–Trinajstić information content (AvgIpc) is 3.01. The fraction of sp³-hybridized carbons (Fsp3) is 0.105. The largest absolute Gasteiger partial charge is 0.487 e. The maximum absolute atomic E-state index is 14.2. The van der Waals surface area contributed by atoms with Gasteiger partial charge in [-0.3, -0.25) is 0 Å². The predicted molar refractivity (Wildman–Crippen MR) is 98.3 cm³/mol. The number of carbonyl (C=O) groups excluding carboxylic acids is 1. The number of hydrogen-bond donors (Lipinski definition) is 1. The molecular formula is C19H16FNO3S. The molecule has 0 bridgehead atoms. The van der Waals surface area contributed by atoms with Crippen molar-refractivity contribution in [2.24, 2.45) is 0 Å². The van der Waals surface area contributed by atoms with Crippen LogP contribution >= 0.6 is 11.3 Å². The summed E-state index contributed by atoms with van der Waals surface area (Å²) in [6.07, 6.45) is 1.07. The molecule has 3 rings (SSSR count). The summed E-state index contributed by atoms with van der Waals surface area (Å²) in [6, 6.07) is 12.6. The van der Waals surface area contributed by atoms with E-state index < -0.39 is 11.8 Å². The van der Waals surface area contributed by atoms with Crippen LogP contribution in [-0.4, -0.2) is 19.2 Å². The number of nitrogens with two attached hydrogens (primary N) is 1. The lowest BCUT2D eigenvalue weighted by molar-refractivity contribution is -0.138. The van der Waals surface area contributed by atoms with Crippen molar-refractivity contribution in [3.63, 3.8) is 0 Å². The number of rotatable bonds is 6. The molecule has 0 radical (unpaired) electrons. The highest BCUT2D eigenvalue weighted by atomic mass is 32.1. The van der Waals surface area contributed by atoms with Gasteiger partial charge in [0.15, 0.2) is 11.6 Å². The first-order chi connectivity index (χ1) is 12.1. The summed E-state index contributed by atoms with van der Waals surface area (Å²) in [6.45, 7) is 3.40. The zero-order valence-electron chi connectivity index (χ0n) is 13.3. The van der Waals surface area contributed by atoms with Gasteiger partial charge in [0.2, 0.25) is 0 Å². The van der Waals surface area contributed by atoms with Crippen molar-refractivity contribution >= 4 is 33.1 Å². The normalized spacial score (nSPS) is 10.6. The Balaban J connectivity index is 1.77. The van der Waals surface area contributed by atoms with Crippen LogP contribution < -0.4 is 10.5 Å².